The minimum absolute atomic E-state index is 0.00696. The molecule has 1 aromatic rings. The Morgan fingerprint density at radius 3 is 2.29 bits per heavy atom. The van der Waals surface area contributed by atoms with Crippen molar-refractivity contribution < 1.29 is 9.59 Å². The fourth-order valence-electron chi connectivity index (χ4n) is 2.80. The summed E-state index contributed by atoms with van der Waals surface area (Å²) in [6.45, 7) is 5.82. The first kappa shape index (κ1) is 18.7. The van der Waals surface area contributed by atoms with Crippen molar-refractivity contribution in [2.24, 2.45) is 5.92 Å². The van der Waals surface area contributed by atoms with E-state index in [2.05, 4.69) is 22.6 Å². The second-order valence-corrected chi connectivity index (χ2v) is 7.22. The molecule has 1 atom stereocenters. The van der Waals surface area contributed by atoms with Crippen LogP contribution in [0.1, 0.15) is 37.0 Å². The molecule has 0 aliphatic carbocycles. The molecule has 2 N–H and O–H groups in total. The molecular formula is C18H26ClN3O2. The highest BCUT2D eigenvalue weighted by Crippen LogP contribution is 2.12. The second kappa shape index (κ2) is 8.49. The number of hydrogen-bond donors (Lipinski definition) is 2. The van der Waals surface area contributed by atoms with Gasteiger partial charge in [0, 0.05) is 16.6 Å². The molecule has 0 aromatic heterocycles. The van der Waals surface area contributed by atoms with Gasteiger partial charge in [0.05, 0.1) is 0 Å². The summed E-state index contributed by atoms with van der Waals surface area (Å²) in [6.07, 6.45) is 1.89. The molecule has 1 unspecified atom stereocenters. The number of rotatable bonds is 5. The highest BCUT2D eigenvalue weighted by molar-refractivity contribution is 6.30. The number of hydrogen-bond acceptors (Lipinski definition) is 3. The molecule has 1 fully saturated rings. The molecule has 1 saturated heterocycles. The summed E-state index contributed by atoms with van der Waals surface area (Å²) in [4.78, 5) is 27.2. The quantitative estimate of drug-likeness (QED) is 0.855. The van der Waals surface area contributed by atoms with Gasteiger partial charge < -0.3 is 15.5 Å². The molecular weight excluding hydrogens is 326 g/mol. The summed E-state index contributed by atoms with van der Waals surface area (Å²) in [7, 11) is 2.08. The summed E-state index contributed by atoms with van der Waals surface area (Å²) in [5.41, 5.74) is 0.497. The average Bonchev–Trinajstić information content (AvgIpc) is 2.54. The van der Waals surface area contributed by atoms with Crippen LogP contribution >= 0.6 is 11.6 Å². The third kappa shape index (κ3) is 5.21. The summed E-state index contributed by atoms with van der Waals surface area (Å²) >= 11 is 5.84. The van der Waals surface area contributed by atoms with Crippen LogP contribution in [0, 0.1) is 5.92 Å². The summed E-state index contributed by atoms with van der Waals surface area (Å²) < 4.78 is 0. The van der Waals surface area contributed by atoms with Crippen molar-refractivity contribution in [1.29, 1.82) is 0 Å². The van der Waals surface area contributed by atoms with E-state index in [4.69, 9.17) is 11.6 Å². The molecule has 132 valence electrons. The van der Waals surface area contributed by atoms with Gasteiger partial charge in [-0.1, -0.05) is 25.4 Å². The lowest BCUT2D eigenvalue weighted by atomic mass is 10.0. The largest absolute Gasteiger partial charge is 0.351 e. The highest BCUT2D eigenvalue weighted by atomic mass is 35.5. The van der Waals surface area contributed by atoms with Gasteiger partial charge in [0.2, 0.25) is 5.91 Å². The van der Waals surface area contributed by atoms with Gasteiger partial charge in [0.15, 0.2) is 0 Å². The first-order valence-electron chi connectivity index (χ1n) is 8.42. The fourth-order valence-corrected chi connectivity index (χ4v) is 2.93. The van der Waals surface area contributed by atoms with Gasteiger partial charge in [-0.15, -0.1) is 0 Å². The number of piperidine rings is 1. The monoisotopic (exact) mass is 351 g/mol. The topological polar surface area (TPSA) is 61.4 Å². The van der Waals surface area contributed by atoms with E-state index in [0.717, 1.165) is 25.9 Å². The van der Waals surface area contributed by atoms with Gasteiger partial charge in [-0.25, -0.2) is 0 Å². The van der Waals surface area contributed by atoms with Crippen LogP contribution in [0.5, 0.6) is 0 Å². The van der Waals surface area contributed by atoms with Crippen LogP contribution in [0.25, 0.3) is 0 Å². The lowest BCUT2D eigenvalue weighted by molar-refractivity contribution is -0.125. The van der Waals surface area contributed by atoms with Crippen molar-refractivity contribution >= 4 is 23.4 Å². The predicted octanol–water partition coefficient (Wildman–Crippen LogP) is 2.30. The van der Waals surface area contributed by atoms with Gasteiger partial charge in [-0.3, -0.25) is 9.59 Å². The standard InChI is InChI=1S/C18H26ClN3O2/c1-12(2)16(18(24)20-15-8-10-22(3)11-9-15)21-17(23)13-4-6-14(19)7-5-13/h4-7,12,15-16H,8-11H2,1-3H3,(H,20,24)(H,21,23). The molecule has 0 radical (unpaired) electrons. The van der Waals surface area contributed by atoms with E-state index in [1.165, 1.54) is 0 Å². The number of halogens is 1. The van der Waals surface area contributed by atoms with Crippen molar-refractivity contribution in [1.82, 2.24) is 15.5 Å². The minimum Gasteiger partial charge on any atom is -0.351 e. The first-order chi connectivity index (χ1) is 11.4. The second-order valence-electron chi connectivity index (χ2n) is 6.79. The van der Waals surface area contributed by atoms with E-state index in [1.54, 1.807) is 24.3 Å². The molecule has 5 nitrogen and oxygen atoms in total. The smallest absolute Gasteiger partial charge is 0.251 e. The first-order valence-corrected chi connectivity index (χ1v) is 8.80. The Balaban J connectivity index is 1.96. The van der Waals surface area contributed by atoms with Crippen LogP contribution in [0.2, 0.25) is 5.02 Å². The fraction of sp³-hybridized carbons (Fsp3) is 0.556. The molecule has 1 aromatic carbocycles. The average molecular weight is 352 g/mol. The van der Waals surface area contributed by atoms with Crippen LogP contribution in [0.4, 0.5) is 0 Å². The molecule has 0 bridgehead atoms. The van der Waals surface area contributed by atoms with Crippen molar-refractivity contribution in [3.8, 4) is 0 Å². The van der Waals surface area contributed by atoms with Crippen molar-refractivity contribution in [2.75, 3.05) is 20.1 Å². The van der Waals surface area contributed by atoms with E-state index in [9.17, 15) is 9.59 Å². The molecule has 6 heteroatoms. The predicted molar refractivity (Wildman–Crippen MR) is 96.2 cm³/mol. The van der Waals surface area contributed by atoms with Crippen molar-refractivity contribution in [3.05, 3.63) is 34.9 Å². The van der Waals surface area contributed by atoms with Gasteiger partial charge >= 0.3 is 0 Å². The van der Waals surface area contributed by atoms with E-state index in [0.29, 0.717) is 10.6 Å². The highest BCUT2D eigenvalue weighted by Gasteiger charge is 2.27. The zero-order valence-electron chi connectivity index (χ0n) is 14.5. The number of carbonyl (C=O) groups excluding carboxylic acids is 2. The number of carbonyl (C=O) groups is 2. The summed E-state index contributed by atoms with van der Waals surface area (Å²) in [6, 6.07) is 6.28. The Morgan fingerprint density at radius 2 is 1.75 bits per heavy atom. The van der Waals surface area contributed by atoms with E-state index < -0.39 is 6.04 Å². The molecule has 2 amide bonds. The maximum absolute atomic E-state index is 12.6. The molecule has 0 saturated carbocycles. The van der Waals surface area contributed by atoms with Crippen LogP contribution in [-0.2, 0) is 4.79 Å². The Morgan fingerprint density at radius 1 is 1.17 bits per heavy atom. The number of nitrogens with one attached hydrogen (secondary N) is 2. The van der Waals surface area contributed by atoms with Crippen LogP contribution in [-0.4, -0.2) is 48.9 Å². The Labute approximate surface area is 148 Å². The maximum Gasteiger partial charge on any atom is 0.251 e. The molecule has 1 aliphatic heterocycles. The lowest BCUT2D eigenvalue weighted by Crippen LogP contribution is -2.53. The van der Waals surface area contributed by atoms with E-state index in [1.807, 2.05) is 13.8 Å². The molecule has 1 aliphatic rings. The van der Waals surface area contributed by atoms with E-state index >= 15 is 0 Å². The third-order valence-electron chi connectivity index (χ3n) is 4.41. The number of benzene rings is 1. The Hall–Kier alpha value is -1.59. The zero-order chi connectivity index (χ0) is 17.7. The third-order valence-corrected chi connectivity index (χ3v) is 4.66. The molecule has 0 spiro atoms. The van der Waals surface area contributed by atoms with E-state index in [-0.39, 0.29) is 23.8 Å². The lowest BCUT2D eigenvalue weighted by Gasteiger charge is -2.31. The minimum atomic E-state index is -0.548. The summed E-state index contributed by atoms with van der Waals surface area (Å²) in [5.74, 6) is -0.363. The van der Waals surface area contributed by atoms with Gasteiger partial charge in [-0.05, 0) is 63.2 Å². The van der Waals surface area contributed by atoms with Gasteiger partial charge in [0.25, 0.3) is 5.91 Å². The van der Waals surface area contributed by atoms with Crippen molar-refractivity contribution in [3.63, 3.8) is 0 Å². The normalized spacial score (nSPS) is 17.5. The zero-order valence-corrected chi connectivity index (χ0v) is 15.3. The number of likely N-dealkylation sites (tertiary alicyclic amines) is 1. The van der Waals surface area contributed by atoms with Crippen LogP contribution in [0.15, 0.2) is 24.3 Å². The SMILES string of the molecule is CC(C)C(NC(=O)c1ccc(Cl)cc1)C(=O)NC1CCN(C)CC1. The van der Waals surface area contributed by atoms with Gasteiger partial charge in [0.1, 0.15) is 6.04 Å². The Bertz CT molecular complexity index is 566. The number of nitrogens with zero attached hydrogens (tertiary/aromatic N) is 1. The summed E-state index contributed by atoms with van der Waals surface area (Å²) in [5, 5.41) is 6.51. The molecule has 1 heterocycles. The van der Waals surface area contributed by atoms with Crippen LogP contribution < -0.4 is 10.6 Å². The molecule has 24 heavy (non-hydrogen) atoms. The number of amides is 2. The Kier molecular flexibility index (Phi) is 6.63. The van der Waals surface area contributed by atoms with Crippen LogP contribution in [0.3, 0.4) is 0 Å². The maximum atomic E-state index is 12.6. The van der Waals surface area contributed by atoms with Crippen molar-refractivity contribution in [2.45, 2.75) is 38.8 Å². The molecule has 2 rings (SSSR count). The van der Waals surface area contributed by atoms with Gasteiger partial charge in [-0.2, -0.15) is 0 Å².